The third-order valence-electron chi connectivity index (χ3n) is 2.77. The average molecular weight is 294 g/mol. The van der Waals surface area contributed by atoms with Crippen LogP contribution in [0.1, 0.15) is 24.2 Å². The van der Waals surface area contributed by atoms with Crippen molar-refractivity contribution in [2.45, 2.75) is 19.9 Å². The van der Waals surface area contributed by atoms with E-state index in [-0.39, 0.29) is 28.5 Å². The fraction of sp³-hybridized carbons (Fsp3) is 0.250. The molecule has 1 atom stereocenters. The van der Waals surface area contributed by atoms with Crippen molar-refractivity contribution in [3.63, 3.8) is 0 Å². The average Bonchev–Trinajstić information content (AvgIpc) is 2.38. The zero-order chi connectivity index (χ0) is 14.7. The number of halogens is 1. The third-order valence-corrected chi connectivity index (χ3v) is 2.94. The lowest BCUT2D eigenvalue weighted by Gasteiger charge is -2.15. The smallest absolute Gasteiger partial charge is 0.332 e. The highest BCUT2D eigenvalue weighted by molar-refractivity contribution is 6.28. The van der Waals surface area contributed by atoms with E-state index in [0.29, 0.717) is 0 Å². The Hall–Kier alpha value is -2.28. The van der Waals surface area contributed by atoms with Crippen LogP contribution in [0.25, 0.3) is 0 Å². The molecule has 1 unspecified atom stereocenters. The first-order valence-corrected chi connectivity index (χ1v) is 6.22. The first-order valence-electron chi connectivity index (χ1n) is 5.84. The van der Waals surface area contributed by atoms with Gasteiger partial charge in [-0.2, -0.15) is 4.98 Å². The minimum atomic E-state index is -0.521. The topological polar surface area (TPSA) is 93.8 Å². The molecule has 0 radical (unpaired) electrons. The fourth-order valence-electron chi connectivity index (χ4n) is 1.79. The van der Waals surface area contributed by atoms with Gasteiger partial charge in [-0.15, -0.1) is 0 Å². The lowest BCUT2D eigenvalue weighted by Crippen LogP contribution is -2.11. The largest absolute Gasteiger partial charge is 0.358 e. The number of hydrogen-bond donors (Lipinski definition) is 1. The second kappa shape index (κ2) is 5.79. The van der Waals surface area contributed by atoms with Crippen LogP contribution in [0.5, 0.6) is 0 Å². The van der Waals surface area contributed by atoms with Crippen LogP contribution in [0.4, 0.5) is 11.5 Å². The van der Waals surface area contributed by atoms with Gasteiger partial charge in [0.2, 0.25) is 11.1 Å². The molecular formula is C12H12ClN5O2. The number of pyridine rings is 1. The van der Waals surface area contributed by atoms with Gasteiger partial charge in [-0.25, -0.2) is 4.98 Å². The molecule has 2 aromatic rings. The maximum atomic E-state index is 11.1. The summed E-state index contributed by atoms with van der Waals surface area (Å²) >= 11 is 5.76. The van der Waals surface area contributed by atoms with Gasteiger partial charge in [0.25, 0.3) is 0 Å². The summed E-state index contributed by atoms with van der Waals surface area (Å²) < 4.78 is 0. The summed E-state index contributed by atoms with van der Waals surface area (Å²) in [4.78, 5) is 22.2. The summed E-state index contributed by atoms with van der Waals surface area (Å²) in [6, 6.07) is 3.46. The molecule has 2 aromatic heterocycles. The summed E-state index contributed by atoms with van der Waals surface area (Å²) in [7, 11) is 0. The molecule has 0 aromatic carbocycles. The summed E-state index contributed by atoms with van der Waals surface area (Å²) in [5.74, 6) is 0.108. The van der Waals surface area contributed by atoms with E-state index < -0.39 is 4.92 Å². The molecule has 0 bridgehead atoms. The van der Waals surface area contributed by atoms with E-state index >= 15 is 0 Å². The first-order chi connectivity index (χ1) is 9.49. The lowest BCUT2D eigenvalue weighted by atomic mass is 10.1. The van der Waals surface area contributed by atoms with Crippen LogP contribution in [0.3, 0.4) is 0 Å². The number of anilines is 1. The van der Waals surface area contributed by atoms with Gasteiger partial charge in [0.1, 0.15) is 5.69 Å². The van der Waals surface area contributed by atoms with Gasteiger partial charge in [0.15, 0.2) is 0 Å². The molecule has 1 N–H and O–H groups in total. The Morgan fingerprint density at radius 1 is 1.35 bits per heavy atom. The normalized spacial score (nSPS) is 11.9. The second-order valence-corrected chi connectivity index (χ2v) is 4.52. The standard InChI is InChI=1S/C12H12ClN5O2/c1-7(9-3-5-14-6-4-9)15-11-10(18(19)20)8(2)16-12(13)17-11/h3-7H,1-2H3,(H,15,16,17). The molecule has 0 aliphatic carbocycles. The number of nitrogens with zero attached hydrogens (tertiary/aromatic N) is 4. The number of aromatic nitrogens is 3. The molecule has 0 fully saturated rings. The summed E-state index contributed by atoms with van der Waals surface area (Å²) in [6.07, 6.45) is 3.31. The minimum Gasteiger partial charge on any atom is -0.358 e. The Balaban J connectivity index is 2.36. The van der Waals surface area contributed by atoms with E-state index in [9.17, 15) is 10.1 Å². The maximum absolute atomic E-state index is 11.1. The molecule has 104 valence electrons. The molecule has 2 heterocycles. The molecule has 8 heteroatoms. The van der Waals surface area contributed by atoms with Crippen molar-refractivity contribution >= 4 is 23.1 Å². The van der Waals surface area contributed by atoms with E-state index in [0.717, 1.165) is 5.56 Å². The number of rotatable bonds is 4. The Morgan fingerprint density at radius 3 is 2.60 bits per heavy atom. The van der Waals surface area contributed by atoms with E-state index in [1.54, 1.807) is 12.4 Å². The summed E-state index contributed by atoms with van der Waals surface area (Å²) in [5, 5.41) is 14.1. The lowest BCUT2D eigenvalue weighted by molar-refractivity contribution is -0.385. The van der Waals surface area contributed by atoms with Gasteiger partial charge in [-0.1, -0.05) is 0 Å². The number of nitrogens with one attached hydrogen (secondary N) is 1. The molecule has 0 aliphatic heterocycles. The Morgan fingerprint density at radius 2 is 2.00 bits per heavy atom. The number of aryl methyl sites for hydroxylation is 1. The van der Waals surface area contributed by atoms with Gasteiger partial charge in [-0.05, 0) is 43.1 Å². The molecule has 0 saturated carbocycles. The SMILES string of the molecule is Cc1nc(Cl)nc(NC(C)c2ccncc2)c1[N+](=O)[O-]. The minimum absolute atomic E-state index is 0.0301. The zero-order valence-corrected chi connectivity index (χ0v) is 11.6. The quantitative estimate of drug-likeness (QED) is 0.529. The predicted octanol–water partition coefficient (Wildman–Crippen LogP) is 2.91. The Kier molecular flexibility index (Phi) is 4.09. The highest BCUT2D eigenvalue weighted by atomic mass is 35.5. The molecule has 0 spiro atoms. The molecule has 0 saturated heterocycles. The predicted molar refractivity (Wildman–Crippen MR) is 74.7 cm³/mol. The fourth-order valence-corrected chi connectivity index (χ4v) is 2.00. The third kappa shape index (κ3) is 3.00. The van der Waals surface area contributed by atoms with Crippen molar-refractivity contribution in [3.05, 3.63) is 51.2 Å². The van der Waals surface area contributed by atoms with Gasteiger partial charge in [-0.3, -0.25) is 15.1 Å². The second-order valence-electron chi connectivity index (χ2n) is 4.18. The molecule has 0 amide bonds. The van der Waals surface area contributed by atoms with Crippen LogP contribution in [-0.4, -0.2) is 19.9 Å². The van der Waals surface area contributed by atoms with Crippen LogP contribution >= 0.6 is 11.6 Å². The van der Waals surface area contributed by atoms with Gasteiger partial charge in [0.05, 0.1) is 11.0 Å². The van der Waals surface area contributed by atoms with E-state index in [4.69, 9.17) is 11.6 Å². The van der Waals surface area contributed by atoms with Crippen molar-refractivity contribution in [3.8, 4) is 0 Å². The van der Waals surface area contributed by atoms with Gasteiger partial charge < -0.3 is 5.32 Å². The van der Waals surface area contributed by atoms with Crippen molar-refractivity contribution in [1.82, 2.24) is 15.0 Å². The molecule has 7 nitrogen and oxygen atoms in total. The number of hydrogen-bond acceptors (Lipinski definition) is 6. The Bertz CT molecular complexity index is 635. The number of nitro groups is 1. The maximum Gasteiger partial charge on any atom is 0.332 e. The molecule has 2 rings (SSSR count). The van der Waals surface area contributed by atoms with Crippen LogP contribution in [0.2, 0.25) is 5.28 Å². The zero-order valence-electron chi connectivity index (χ0n) is 10.9. The van der Waals surface area contributed by atoms with Crippen LogP contribution in [0, 0.1) is 17.0 Å². The van der Waals surface area contributed by atoms with Crippen molar-refractivity contribution < 1.29 is 4.92 Å². The molecule has 20 heavy (non-hydrogen) atoms. The molecule has 0 aliphatic rings. The van der Waals surface area contributed by atoms with E-state index in [1.165, 1.54) is 6.92 Å². The van der Waals surface area contributed by atoms with E-state index in [2.05, 4.69) is 20.3 Å². The molecular weight excluding hydrogens is 282 g/mol. The summed E-state index contributed by atoms with van der Waals surface area (Å²) in [6.45, 7) is 3.39. The summed E-state index contributed by atoms with van der Waals surface area (Å²) in [5.41, 5.74) is 0.983. The van der Waals surface area contributed by atoms with Crippen molar-refractivity contribution in [2.24, 2.45) is 0 Å². The Labute approximate surface area is 120 Å². The van der Waals surface area contributed by atoms with Crippen LogP contribution in [-0.2, 0) is 0 Å². The van der Waals surface area contributed by atoms with E-state index in [1.807, 2.05) is 19.1 Å². The monoisotopic (exact) mass is 293 g/mol. The van der Waals surface area contributed by atoms with Crippen molar-refractivity contribution in [2.75, 3.05) is 5.32 Å². The van der Waals surface area contributed by atoms with Gasteiger partial charge in [0, 0.05) is 12.4 Å². The highest BCUT2D eigenvalue weighted by Gasteiger charge is 2.23. The van der Waals surface area contributed by atoms with Gasteiger partial charge >= 0.3 is 5.69 Å². The van der Waals surface area contributed by atoms with Crippen LogP contribution < -0.4 is 5.32 Å². The van der Waals surface area contributed by atoms with Crippen molar-refractivity contribution in [1.29, 1.82) is 0 Å². The van der Waals surface area contributed by atoms with Crippen LogP contribution in [0.15, 0.2) is 24.5 Å². The first kappa shape index (κ1) is 14.1. The highest BCUT2D eigenvalue weighted by Crippen LogP contribution is 2.29.